The molecule has 0 radical (unpaired) electrons. The van der Waals surface area contributed by atoms with Crippen LogP contribution in [0.1, 0.15) is 16.7 Å². The first kappa shape index (κ1) is 12.7. The van der Waals surface area contributed by atoms with Gasteiger partial charge in [0.1, 0.15) is 0 Å². The Morgan fingerprint density at radius 2 is 1.89 bits per heavy atom. The van der Waals surface area contributed by atoms with Crippen LogP contribution in [0.4, 0.5) is 5.69 Å². The first-order valence-corrected chi connectivity index (χ1v) is 6.15. The molecule has 0 aromatic heterocycles. The predicted octanol–water partition coefficient (Wildman–Crippen LogP) is 4.40. The molecule has 18 heavy (non-hydrogen) atoms. The van der Waals surface area contributed by atoms with Crippen molar-refractivity contribution in [3.8, 4) is 0 Å². The molecular weight excluding hydrogens is 244 g/mol. The Hall–Kier alpha value is -1.80. The van der Waals surface area contributed by atoms with Crippen LogP contribution in [0, 0.1) is 13.8 Å². The molecule has 0 unspecified atom stereocenters. The van der Waals surface area contributed by atoms with Crippen LogP contribution in [0.2, 0.25) is 5.02 Å². The molecule has 2 rings (SSSR count). The summed E-state index contributed by atoms with van der Waals surface area (Å²) in [6.07, 6.45) is 1.81. The highest BCUT2D eigenvalue weighted by Gasteiger charge is 1.97. The molecular formula is C15H15ClN2. The van der Waals surface area contributed by atoms with Gasteiger partial charge in [-0.1, -0.05) is 47.5 Å². The van der Waals surface area contributed by atoms with Gasteiger partial charge in [-0.3, -0.25) is 5.43 Å². The summed E-state index contributed by atoms with van der Waals surface area (Å²) in [7, 11) is 0. The van der Waals surface area contributed by atoms with E-state index in [2.05, 4.69) is 42.6 Å². The minimum Gasteiger partial charge on any atom is -0.277 e. The van der Waals surface area contributed by atoms with E-state index in [1.165, 1.54) is 11.1 Å². The summed E-state index contributed by atoms with van der Waals surface area (Å²) in [5.74, 6) is 0. The van der Waals surface area contributed by atoms with Crippen LogP contribution in [0.15, 0.2) is 47.6 Å². The normalized spacial score (nSPS) is 10.8. The molecule has 92 valence electrons. The highest BCUT2D eigenvalue weighted by Crippen LogP contribution is 2.20. The molecule has 0 heterocycles. The number of nitrogens with one attached hydrogen (secondary N) is 1. The summed E-state index contributed by atoms with van der Waals surface area (Å²) in [6.45, 7) is 4.13. The van der Waals surface area contributed by atoms with Gasteiger partial charge >= 0.3 is 0 Å². The SMILES string of the molecule is Cc1ccc(C)c(/C=N/Nc2ccccc2Cl)c1. The summed E-state index contributed by atoms with van der Waals surface area (Å²) in [5, 5.41) is 4.88. The number of nitrogens with zero attached hydrogens (tertiary/aromatic N) is 1. The molecule has 1 N–H and O–H groups in total. The fraction of sp³-hybridized carbons (Fsp3) is 0.133. The third kappa shape index (κ3) is 3.11. The van der Waals surface area contributed by atoms with Gasteiger partial charge in [-0.05, 0) is 37.1 Å². The minimum atomic E-state index is 0.663. The summed E-state index contributed by atoms with van der Waals surface area (Å²) in [5.41, 5.74) is 7.28. The average molecular weight is 259 g/mol. The van der Waals surface area contributed by atoms with E-state index in [1.54, 1.807) is 0 Å². The third-order valence-electron chi connectivity index (χ3n) is 2.70. The highest BCUT2D eigenvalue weighted by atomic mass is 35.5. The summed E-state index contributed by atoms with van der Waals surface area (Å²) in [4.78, 5) is 0. The predicted molar refractivity (Wildman–Crippen MR) is 78.6 cm³/mol. The van der Waals surface area contributed by atoms with Crippen molar-refractivity contribution in [1.82, 2.24) is 0 Å². The van der Waals surface area contributed by atoms with Crippen molar-refractivity contribution in [2.45, 2.75) is 13.8 Å². The van der Waals surface area contributed by atoms with Crippen LogP contribution in [-0.2, 0) is 0 Å². The second kappa shape index (κ2) is 5.69. The van der Waals surface area contributed by atoms with Gasteiger partial charge in [0.05, 0.1) is 16.9 Å². The van der Waals surface area contributed by atoms with Crippen LogP contribution in [0.25, 0.3) is 0 Å². The number of rotatable bonds is 3. The first-order chi connectivity index (χ1) is 8.66. The zero-order valence-corrected chi connectivity index (χ0v) is 11.2. The average Bonchev–Trinajstić information content (AvgIpc) is 2.36. The highest BCUT2D eigenvalue weighted by molar-refractivity contribution is 6.33. The van der Waals surface area contributed by atoms with E-state index in [0.29, 0.717) is 5.02 Å². The van der Waals surface area contributed by atoms with Gasteiger partial charge in [-0.15, -0.1) is 0 Å². The van der Waals surface area contributed by atoms with Crippen molar-refractivity contribution < 1.29 is 0 Å². The van der Waals surface area contributed by atoms with Crippen molar-refractivity contribution in [3.05, 3.63) is 64.2 Å². The van der Waals surface area contributed by atoms with Gasteiger partial charge in [-0.25, -0.2) is 0 Å². The minimum absolute atomic E-state index is 0.663. The number of hydrazone groups is 1. The van der Waals surface area contributed by atoms with Gasteiger partial charge in [-0.2, -0.15) is 5.10 Å². The maximum atomic E-state index is 6.03. The quantitative estimate of drug-likeness (QED) is 0.640. The molecule has 0 aliphatic heterocycles. The number of anilines is 1. The van der Waals surface area contributed by atoms with Crippen LogP contribution in [0.5, 0.6) is 0 Å². The molecule has 0 amide bonds. The summed E-state index contributed by atoms with van der Waals surface area (Å²) in [6, 6.07) is 13.8. The maximum Gasteiger partial charge on any atom is 0.0748 e. The van der Waals surface area contributed by atoms with Crippen LogP contribution < -0.4 is 5.43 Å². The first-order valence-electron chi connectivity index (χ1n) is 5.77. The van der Waals surface area contributed by atoms with Crippen molar-refractivity contribution in [3.63, 3.8) is 0 Å². The number of hydrogen-bond acceptors (Lipinski definition) is 2. The smallest absolute Gasteiger partial charge is 0.0748 e. The number of aryl methyl sites for hydroxylation is 2. The molecule has 0 spiro atoms. The van der Waals surface area contributed by atoms with Gasteiger partial charge in [0.25, 0.3) is 0 Å². The van der Waals surface area contributed by atoms with E-state index in [-0.39, 0.29) is 0 Å². The van der Waals surface area contributed by atoms with Gasteiger partial charge < -0.3 is 0 Å². The second-order valence-corrected chi connectivity index (χ2v) is 4.62. The van der Waals surface area contributed by atoms with E-state index in [9.17, 15) is 0 Å². The van der Waals surface area contributed by atoms with Crippen LogP contribution in [0.3, 0.4) is 0 Å². The molecule has 2 aromatic carbocycles. The van der Waals surface area contributed by atoms with E-state index in [4.69, 9.17) is 11.6 Å². The molecule has 0 aliphatic carbocycles. The Balaban J connectivity index is 2.12. The molecule has 0 bridgehead atoms. The standard InChI is InChI=1S/C15H15ClN2/c1-11-7-8-12(2)13(9-11)10-17-18-15-6-4-3-5-14(15)16/h3-10,18H,1-2H3/b17-10+. The lowest BCUT2D eigenvalue weighted by atomic mass is 10.1. The second-order valence-electron chi connectivity index (χ2n) is 4.21. The molecule has 2 nitrogen and oxygen atoms in total. The van der Waals surface area contributed by atoms with Gasteiger partial charge in [0.15, 0.2) is 0 Å². The van der Waals surface area contributed by atoms with Crippen molar-refractivity contribution >= 4 is 23.5 Å². The van der Waals surface area contributed by atoms with Gasteiger partial charge in [0.2, 0.25) is 0 Å². The van der Waals surface area contributed by atoms with E-state index >= 15 is 0 Å². The van der Waals surface area contributed by atoms with Gasteiger partial charge in [0, 0.05) is 0 Å². The Bertz CT molecular complexity index is 576. The zero-order valence-electron chi connectivity index (χ0n) is 10.4. The number of hydrogen-bond donors (Lipinski definition) is 1. The fourth-order valence-corrected chi connectivity index (χ4v) is 1.80. The molecule has 0 saturated heterocycles. The third-order valence-corrected chi connectivity index (χ3v) is 3.03. The molecule has 0 atom stereocenters. The molecule has 0 aliphatic rings. The Morgan fingerprint density at radius 1 is 1.11 bits per heavy atom. The zero-order chi connectivity index (χ0) is 13.0. The Labute approximate surface area is 112 Å². The number of halogens is 1. The van der Waals surface area contributed by atoms with Crippen molar-refractivity contribution in [1.29, 1.82) is 0 Å². The topological polar surface area (TPSA) is 24.4 Å². The summed E-state index contributed by atoms with van der Waals surface area (Å²) >= 11 is 6.03. The van der Waals surface area contributed by atoms with Crippen LogP contribution in [-0.4, -0.2) is 6.21 Å². The Morgan fingerprint density at radius 3 is 2.67 bits per heavy atom. The molecule has 2 aromatic rings. The number of benzene rings is 2. The molecule has 0 fully saturated rings. The van der Waals surface area contributed by atoms with Crippen molar-refractivity contribution in [2.24, 2.45) is 5.10 Å². The van der Waals surface area contributed by atoms with E-state index in [0.717, 1.165) is 11.3 Å². The lowest BCUT2D eigenvalue weighted by Crippen LogP contribution is -1.93. The maximum absolute atomic E-state index is 6.03. The molecule has 3 heteroatoms. The Kier molecular flexibility index (Phi) is 4.00. The largest absolute Gasteiger partial charge is 0.277 e. The lowest BCUT2D eigenvalue weighted by molar-refractivity contribution is 1.33. The summed E-state index contributed by atoms with van der Waals surface area (Å²) < 4.78 is 0. The van der Waals surface area contributed by atoms with E-state index < -0.39 is 0 Å². The fourth-order valence-electron chi connectivity index (χ4n) is 1.62. The number of para-hydroxylation sites is 1. The lowest BCUT2D eigenvalue weighted by Gasteiger charge is -2.03. The van der Waals surface area contributed by atoms with Crippen molar-refractivity contribution in [2.75, 3.05) is 5.43 Å². The van der Waals surface area contributed by atoms with E-state index in [1.807, 2.05) is 30.5 Å². The molecule has 0 saturated carbocycles. The van der Waals surface area contributed by atoms with Crippen LogP contribution >= 0.6 is 11.6 Å². The monoisotopic (exact) mass is 258 g/mol.